The molecular weight excluding hydrogens is 366 g/mol. The summed E-state index contributed by atoms with van der Waals surface area (Å²) in [5.41, 5.74) is 0.853. The van der Waals surface area contributed by atoms with Gasteiger partial charge in [0.05, 0.1) is 9.79 Å². The Hall–Kier alpha value is -2.09. The molecule has 2 aliphatic rings. The zero-order valence-electron chi connectivity index (χ0n) is 15.9. The third-order valence-electron chi connectivity index (χ3n) is 5.42. The third kappa shape index (κ3) is 3.67. The second-order valence-corrected chi connectivity index (χ2v) is 8.95. The van der Waals surface area contributed by atoms with Gasteiger partial charge in [0.25, 0.3) is 11.6 Å². The molecule has 0 unspecified atom stereocenters. The number of carbonyl (C=O) groups excluding carboxylic acids is 2. The number of hydrogen-bond donors (Lipinski definition) is 0. The van der Waals surface area contributed by atoms with Crippen molar-refractivity contribution in [3.8, 4) is 0 Å². The summed E-state index contributed by atoms with van der Waals surface area (Å²) in [6.45, 7) is 7.36. The average Bonchev–Trinajstić information content (AvgIpc) is 3.04. The first-order chi connectivity index (χ1) is 12.7. The van der Waals surface area contributed by atoms with E-state index in [0.29, 0.717) is 24.2 Å². The summed E-state index contributed by atoms with van der Waals surface area (Å²) in [4.78, 5) is 39.6. The predicted molar refractivity (Wildman–Crippen MR) is 105 cm³/mol. The van der Waals surface area contributed by atoms with Gasteiger partial charge in [0.1, 0.15) is 0 Å². The van der Waals surface area contributed by atoms with Gasteiger partial charge in [-0.1, -0.05) is 19.9 Å². The molecule has 1 spiro atoms. The molecule has 0 saturated carbocycles. The van der Waals surface area contributed by atoms with Crippen molar-refractivity contribution in [1.29, 1.82) is 0 Å². The Kier molecular flexibility index (Phi) is 5.46. The van der Waals surface area contributed by atoms with Gasteiger partial charge in [0.2, 0.25) is 5.91 Å². The first-order valence-electron chi connectivity index (χ1n) is 9.25. The number of aryl methyl sites for hydroxylation is 1. The molecule has 7 nitrogen and oxygen atoms in total. The minimum absolute atomic E-state index is 0.0330. The summed E-state index contributed by atoms with van der Waals surface area (Å²) in [6, 6.07) is 4.63. The number of likely N-dealkylation sites (tertiary alicyclic amines) is 1. The van der Waals surface area contributed by atoms with E-state index in [4.69, 9.17) is 0 Å². The number of nitrogens with zero attached hydrogens (tertiary/aromatic N) is 3. The van der Waals surface area contributed by atoms with Crippen LogP contribution in [-0.2, 0) is 4.79 Å². The average molecular weight is 391 g/mol. The molecule has 146 valence electrons. The lowest BCUT2D eigenvalue weighted by atomic mass is 9.99. The van der Waals surface area contributed by atoms with Gasteiger partial charge >= 0.3 is 0 Å². The van der Waals surface area contributed by atoms with Gasteiger partial charge < -0.3 is 9.80 Å². The Balaban J connectivity index is 1.72. The van der Waals surface area contributed by atoms with Gasteiger partial charge in [0, 0.05) is 48.5 Å². The van der Waals surface area contributed by atoms with Crippen LogP contribution in [0.2, 0.25) is 0 Å². The van der Waals surface area contributed by atoms with E-state index < -0.39 is 4.92 Å². The summed E-state index contributed by atoms with van der Waals surface area (Å²) in [7, 11) is 0. The number of amides is 2. The Morgan fingerprint density at radius 3 is 2.48 bits per heavy atom. The highest BCUT2D eigenvalue weighted by Crippen LogP contribution is 2.44. The molecule has 2 amide bonds. The maximum absolute atomic E-state index is 12.8. The first-order valence-corrected chi connectivity index (χ1v) is 10.2. The van der Waals surface area contributed by atoms with Gasteiger partial charge in [-0.3, -0.25) is 19.7 Å². The molecule has 27 heavy (non-hydrogen) atoms. The van der Waals surface area contributed by atoms with E-state index in [1.54, 1.807) is 24.0 Å². The molecule has 8 heteroatoms. The second-order valence-electron chi connectivity index (χ2n) is 7.49. The highest BCUT2D eigenvalue weighted by Gasteiger charge is 2.47. The smallest absolute Gasteiger partial charge is 0.273 e. The minimum Gasteiger partial charge on any atom is -0.338 e. The van der Waals surface area contributed by atoms with Crippen LogP contribution >= 0.6 is 11.8 Å². The van der Waals surface area contributed by atoms with Crippen LogP contribution in [0.3, 0.4) is 0 Å². The van der Waals surface area contributed by atoms with Crippen molar-refractivity contribution in [3.05, 3.63) is 39.4 Å². The van der Waals surface area contributed by atoms with Gasteiger partial charge in [-0.05, 0) is 25.8 Å². The van der Waals surface area contributed by atoms with E-state index >= 15 is 0 Å². The lowest BCUT2D eigenvalue weighted by Gasteiger charge is -2.44. The molecule has 2 fully saturated rings. The fourth-order valence-electron chi connectivity index (χ4n) is 3.83. The summed E-state index contributed by atoms with van der Waals surface area (Å²) in [6.07, 6.45) is 1.46. The van der Waals surface area contributed by atoms with E-state index in [0.717, 1.165) is 25.1 Å². The maximum Gasteiger partial charge on any atom is 0.273 e. The third-order valence-corrected chi connectivity index (χ3v) is 6.97. The van der Waals surface area contributed by atoms with Crippen LogP contribution < -0.4 is 0 Å². The molecule has 3 rings (SSSR count). The second kappa shape index (κ2) is 7.50. The molecular formula is C19H25N3O4S. The van der Waals surface area contributed by atoms with Crippen molar-refractivity contribution in [1.82, 2.24) is 9.80 Å². The number of piperidine rings is 1. The Morgan fingerprint density at radius 2 is 1.89 bits per heavy atom. The molecule has 1 aromatic carbocycles. The molecule has 0 bridgehead atoms. The summed E-state index contributed by atoms with van der Waals surface area (Å²) >= 11 is 1.82. The lowest BCUT2D eigenvalue weighted by molar-refractivity contribution is -0.385. The first kappa shape index (κ1) is 19.7. The standard InChI is InChI=1S/C19H25N3O4S/c1-13(2)17(23)21-10-11-27-19(21)6-8-20(9-7-19)18(24)15-5-4-14(3)16(12-15)22(25)26/h4-5,12-13H,6-11H2,1-3H3. The van der Waals surface area contributed by atoms with E-state index in [1.165, 1.54) is 6.07 Å². The van der Waals surface area contributed by atoms with Crippen molar-refractivity contribution in [3.63, 3.8) is 0 Å². The van der Waals surface area contributed by atoms with Crippen molar-refractivity contribution in [2.45, 2.75) is 38.5 Å². The molecule has 0 radical (unpaired) electrons. The Bertz CT molecular complexity index is 772. The highest BCUT2D eigenvalue weighted by molar-refractivity contribution is 8.00. The topological polar surface area (TPSA) is 83.8 Å². The maximum atomic E-state index is 12.8. The molecule has 0 N–H and O–H groups in total. The van der Waals surface area contributed by atoms with E-state index in [9.17, 15) is 19.7 Å². The molecule has 2 heterocycles. The fourth-order valence-corrected chi connectivity index (χ4v) is 5.29. The highest BCUT2D eigenvalue weighted by atomic mass is 32.2. The lowest BCUT2D eigenvalue weighted by Crippen LogP contribution is -2.54. The van der Waals surface area contributed by atoms with Crippen LogP contribution in [0.5, 0.6) is 0 Å². The molecule has 2 saturated heterocycles. The number of nitro groups is 1. The van der Waals surface area contributed by atoms with Gasteiger partial charge in [-0.15, -0.1) is 11.8 Å². The largest absolute Gasteiger partial charge is 0.338 e. The molecule has 0 aliphatic carbocycles. The Labute approximate surface area is 163 Å². The van der Waals surface area contributed by atoms with Crippen molar-refractivity contribution in [2.75, 3.05) is 25.4 Å². The fraction of sp³-hybridized carbons (Fsp3) is 0.579. The minimum atomic E-state index is -0.456. The molecule has 0 atom stereocenters. The van der Waals surface area contributed by atoms with Gasteiger partial charge in [-0.2, -0.15) is 0 Å². The molecule has 2 aliphatic heterocycles. The van der Waals surface area contributed by atoms with Gasteiger partial charge in [0.15, 0.2) is 0 Å². The number of rotatable bonds is 3. The van der Waals surface area contributed by atoms with Crippen molar-refractivity contribution in [2.24, 2.45) is 5.92 Å². The number of carbonyl (C=O) groups is 2. The molecule has 0 aromatic heterocycles. The Morgan fingerprint density at radius 1 is 1.22 bits per heavy atom. The van der Waals surface area contributed by atoms with Gasteiger partial charge in [-0.25, -0.2) is 0 Å². The zero-order chi connectivity index (χ0) is 19.8. The van der Waals surface area contributed by atoms with Crippen LogP contribution in [0.4, 0.5) is 5.69 Å². The number of hydrogen-bond acceptors (Lipinski definition) is 5. The van der Waals surface area contributed by atoms with E-state index in [2.05, 4.69) is 0 Å². The number of nitro benzene ring substituents is 1. The summed E-state index contributed by atoms with van der Waals surface area (Å²) < 4.78 is 0. The summed E-state index contributed by atoms with van der Waals surface area (Å²) in [5, 5.41) is 11.1. The zero-order valence-corrected chi connectivity index (χ0v) is 16.8. The van der Waals surface area contributed by atoms with E-state index in [-0.39, 0.29) is 28.3 Å². The van der Waals surface area contributed by atoms with Crippen LogP contribution in [0.1, 0.15) is 42.6 Å². The van der Waals surface area contributed by atoms with Crippen LogP contribution in [0.25, 0.3) is 0 Å². The van der Waals surface area contributed by atoms with Crippen molar-refractivity contribution >= 4 is 29.3 Å². The quantitative estimate of drug-likeness (QED) is 0.584. The van der Waals surface area contributed by atoms with Crippen LogP contribution in [0, 0.1) is 23.0 Å². The van der Waals surface area contributed by atoms with Crippen LogP contribution in [0.15, 0.2) is 18.2 Å². The number of benzene rings is 1. The normalized spacial score (nSPS) is 19.0. The SMILES string of the molecule is Cc1ccc(C(=O)N2CCC3(CC2)SCCN3C(=O)C(C)C)cc1[N+](=O)[O-]. The molecule has 1 aromatic rings. The monoisotopic (exact) mass is 391 g/mol. The number of thioether (sulfide) groups is 1. The van der Waals surface area contributed by atoms with E-state index in [1.807, 2.05) is 30.5 Å². The van der Waals surface area contributed by atoms with Crippen molar-refractivity contribution < 1.29 is 14.5 Å². The predicted octanol–water partition coefficient (Wildman–Crippen LogP) is 3.07. The van der Waals surface area contributed by atoms with Crippen LogP contribution in [-0.4, -0.2) is 56.8 Å². The summed E-state index contributed by atoms with van der Waals surface area (Å²) in [5.74, 6) is 0.885.